The van der Waals surface area contributed by atoms with E-state index in [0.717, 1.165) is 12.0 Å². The van der Waals surface area contributed by atoms with Gasteiger partial charge in [-0.15, -0.1) is 0 Å². The average molecular weight is 351 g/mol. The summed E-state index contributed by atoms with van der Waals surface area (Å²) in [4.78, 5) is 12.0. The maximum atomic E-state index is 13.2. The molecule has 0 aliphatic rings. The Morgan fingerprint density at radius 1 is 1.14 bits per heavy atom. The fourth-order valence-corrected chi connectivity index (χ4v) is 2.37. The lowest BCUT2D eigenvalue weighted by atomic mass is 10.1. The standard InChI is InChI=1S/C16H16BrFN2O/c17-15-6-5-13(18)9-14(15)16(21)20-10-12-3-1-11(2-4-12)7-8-19/h1-6,9H,7-8,10,19H2,(H,20,21). The van der Waals surface area contributed by atoms with E-state index < -0.39 is 5.82 Å². The summed E-state index contributed by atoms with van der Waals surface area (Å²) in [5.41, 5.74) is 7.93. The summed E-state index contributed by atoms with van der Waals surface area (Å²) in [6, 6.07) is 11.9. The van der Waals surface area contributed by atoms with Crippen LogP contribution in [0.1, 0.15) is 21.5 Å². The van der Waals surface area contributed by atoms with Crippen LogP contribution in [-0.2, 0) is 13.0 Å². The maximum Gasteiger partial charge on any atom is 0.252 e. The maximum absolute atomic E-state index is 13.2. The summed E-state index contributed by atoms with van der Waals surface area (Å²) in [5.74, 6) is -0.748. The Morgan fingerprint density at radius 3 is 2.48 bits per heavy atom. The van der Waals surface area contributed by atoms with Crippen LogP contribution in [0.2, 0.25) is 0 Å². The monoisotopic (exact) mass is 350 g/mol. The Hall–Kier alpha value is -1.72. The van der Waals surface area contributed by atoms with E-state index in [0.29, 0.717) is 17.6 Å². The van der Waals surface area contributed by atoms with Gasteiger partial charge in [-0.25, -0.2) is 4.39 Å². The lowest BCUT2D eigenvalue weighted by Crippen LogP contribution is -2.23. The first-order valence-electron chi connectivity index (χ1n) is 6.61. The van der Waals surface area contributed by atoms with Gasteiger partial charge in [0.1, 0.15) is 5.82 Å². The van der Waals surface area contributed by atoms with Gasteiger partial charge in [0.25, 0.3) is 5.91 Å². The Kier molecular flexibility index (Phi) is 5.47. The Labute approximate surface area is 131 Å². The van der Waals surface area contributed by atoms with Crippen molar-refractivity contribution in [1.82, 2.24) is 5.32 Å². The predicted molar refractivity (Wildman–Crippen MR) is 84.5 cm³/mol. The second-order valence-corrected chi connectivity index (χ2v) is 5.52. The number of carbonyl (C=O) groups is 1. The molecule has 0 unspecified atom stereocenters. The van der Waals surface area contributed by atoms with Crippen LogP contribution in [0.3, 0.4) is 0 Å². The zero-order valence-electron chi connectivity index (χ0n) is 11.4. The molecule has 21 heavy (non-hydrogen) atoms. The van der Waals surface area contributed by atoms with Gasteiger partial charge in [0.2, 0.25) is 0 Å². The van der Waals surface area contributed by atoms with Crippen LogP contribution in [-0.4, -0.2) is 12.5 Å². The molecule has 0 aliphatic heterocycles. The molecular weight excluding hydrogens is 335 g/mol. The second kappa shape index (κ2) is 7.33. The predicted octanol–water partition coefficient (Wildman–Crippen LogP) is 3.02. The molecule has 3 N–H and O–H groups in total. The third-order valence-electron chi connectivity index (χ3n) is 3.08. The minimum absolute atomic E-state index is 0.287. The summed E-state index contributed by atoms with van der Waals surface area (Å²) in [6.45, 7) is 1.01. The number of carbonyl (C=O) groups excluding carboxylic acids is 1. The van der Waals surface area contributed by atoms with Crippen molar-refractivity contribution >= 4 is 21.8 Å². The minimum Gasteiger partial charge on any atom is -0.348 e. The minimum atomic E-state index is -0.436. The molecule has 0 fully saturated rings. The summed E-state index contributed by atoms with van der Waals surface area (Å²) in [6.07, 6.45) is 0.836. The summed E-state index contributed by atoms with van der Waals surface area (Å²) >= 11 is 3.24. The number of amides is 1. The van der Waals surface area contributed by atoms with Gasteiger partial charge in [-0.05, 0) is 58.2 Å². The van der Waals surface area contributed by atoms with Gasteiger partial charge >= 0.3 is 0 Å². The van der Waals surface area contributed by atoms with E-state index in [1.165, 1.54) is 23.8 Å². The van der Waals surface area contributed by atoms with E-state index in [9.17, 15) is 9.18 Å². The Bertz CT molecular complexity index is 629. The molecule has 0 saturated heterocycles. The van der Waals surface area contributed by atoms with E-state index >= 15 is 0 Å². The fourth-order valence-electron chi connectivity index (χ4n) is 1.94. The number of nitrogens with two attached hydrogens (primary N) is 1. The SMILES string of the molecule is NCCc1ccc(CNC(=O)c2cc(F)ccc2Br)cc1. The molecule has 5 heteroatoms. The first-order chi connectivity index (χ1) is 10.1. The molecule has 0 spiro atoms. The van der Waals surface area contributed by atoms with Crippen molar-refractivity contribution in [2.75, 3.05) is 6.54 Å². The highest BCUT2D eigenvalue weighted by Crippen LogP contribution is 2.17. The normalized spacial score (nSPS) is 10.4. The number of halogens is 2. The molecule has 1 amide bonds. The van der Waals surface area contributed by atoms with E-state index in [4.69, 9.17) is 5.73 Å². The summed E-state index contributed by atoms with van der Waals surface area (Å²) in [5, 5.41) is 2.77. The molecule has 110 valence electrons. The van der Waals surface area contributed by atoms with Gasteiger partial charge < -0.3 is 11.1 Å². The Morgan fingerprint density at radius 2 is 1.81 bits per heavy atom. The molecule has 0 atom stereocenters. The molecule has 2 rings (SSSR count). The van der Waals surface area contributed by atoms with Crippen LogP contribution in [0.15, 0.2) is 46.9 Å². The van der Waals surface area contributed by atoms with Crippen molar-refractivity contribution in [1.29, 1.82) is 0 Å². The molecule has 0 aliphatic carbocycles. The summed E-state index contributed by atoms with van der Waals surface area (Å²) < 4.78 is 13.7. The number of benzene rings is 2. The lowest BCUT2D eigenvalue weighted by Gasteiger charge is -2.08. The average Bonchev–Trinajstić information content (AvgIpc) is 2.49. The number of hydrogen-bond donors (Lipinski definition) is 2. The van der Waals surface area contributed by atoms with Gasteiger partial charge in [-0.1, -0.05) is 24.3 Å². The molecule has 0 radical (unpaired) electrons. The quantitative estimate of drug-likeness (QED) is 0.870. The molecule has 0 bridgehead atoms. The first kappa shape index (κ1) is 15.7. The highest BCUT2D eigenvalue weighted by Gasteiger charge is 2.10. The largest absolute Gasteiger partial charge is 0.348 e. The lowest BCUT2D eigenvalue weighted by molar-refractivity contribution is 0.0949. The van der Waals surface area contributed by atoms with E-state index in [2.05, 4.69) is 21.2 Å². The highest BCUT2D eigenvalue weighted by atomic mass is 79.9. The van der Waals surface area contributed by atoms with Crippen molar-refractivity contribution in [3.05, 3.63) is 69.4 Å². The number of hydrogen-bond acceptors (Lipinski definition) is 2. The topological polar surface area (TPSA) is 55.1 Å². The second-order valence-electron chi connectivity index (χ2n) is 4.66. The molecule has 0 heterocycles. The van der Waals surface area contributed by atoms with Crippen LogP contribution in [0.4, 0.5) is 4.39 Å². The fraction of sp³-hybridized carbons (Fsp3) is 0.188. The van der Waals surface area contributed by atoms with Crippen molar-refractivity contribution in [2.24, 2.45) is 5.73 Å². The van der Waals surface area contributed by atoms with Crippen molar-refractivity contribution in [3.63, 3.8) is 0 Å². The third kappa shape index (κ3) is 4.37. The molecule has 2 aromatic carbocycles. The first-order valence-corrected chi connectivity index (χ1v) is 7.40. The zero-order valence-corrected chi connectivity index (χ0v) is 13.0. The van der Waals surface area contributed by atoms with Crippen molar-refractivity contribution in [3.8, 4) is 0 Å². The highest BCUT2D eigenvalue weighted by molar-refractivity contribution is 9.10. The van der Waals surface area contributed by atoms with E-state index in [1.807, 2.05) is 24.3 Å². The van der Waals surface area contributed by atoms with Gasteiger partial charge in [-0.3, -0.25) is 4.79 Å². The number of rotatable bonds is 5. The van der Waals surface area contributed by atoms with Crippen LogP contribution in [0.5, 0.6) is 0 Å². The Balaban J connectivity index is 1.99. The van der Waals surface area contributed by atoms with E-state index in [-0.39, 0.29) is 11.5 Å². The molecule has 0 saturated carbocycles. The van der Waals surface area contributed by atoms with Crippen LogP contribution in [0, 0.1) is 5.82 Å². The van der Waals surface area contributed by atoms with Crippen LogP contribution < -0.4 is 11.1 Å². The van der Waals surface area contributed by atoms with Crippen molar-refractivity contribution in [2.45, 2.75) is 13.0 Å². The summed E-state index contributed by atoms with van der Waals surface area (Å²) in [7, 11) is 0. The molecule has 3 nitrogen and oxygen atoms in total. The number of nitrogens with one attached hydrogen (secondary N) is 1. The zero-order chi connectivity index (χ0) is 15.2. The third-order valence-corrected chi connectivity index (χ3v) is 3.77. The van der Waals surface area contributed by atoms with Crippen molar-refractivity contribution < 1.29 is 9.18 Å². The molecular formula is C16H16BrFN2O. The van der Waals surface area contributed by atoms with Gasteiger partial charge in [0.05, 0.1) is 5.56 Å². The van der Waals surface area contributed by atoms with Gasteiger partial charge in [0.15, 0.2) is 0 Å². The van der Waals surface area contributed by atoms with Crippen LogP contribution in [0.25, 0.3) is 0 Å². The smallest absolute Gasteiger partial charge is 0.252 e. The van der Waals surface area contributed by atoms with Gasteiger partial charge in [-0.2, -0.15) is 0 Å². The molecule has 0 aromatic heterocycles. The molecule has 2 aromatic rings. The van der Waals surface area contributed by atoms with E-state index in [1.54, 1.807) is 0 Å². The van der Waals surface area contributed by atoms with Gasteiger partial charge in [0, 0.05) is 11.0 Å². The van der Waals surface area contributed by atoms with Crippen LogP contribution >= 0.6 is 15.9 Å².